The summed E-state index contributed by atoms with van der Waals surface area (Å²) in [6, 6.07) is 2.11. The zero-order valence-corrected chi connectivity index (χ0v) is 11.5. The quantitative estimate of drug-likeness (QED) is 0.885. The summed E-state index contributed by atoms with van der Waals surface area (Å²) in [6.07, 6.45) is 8.17. The summed E-state index contributed by atoms with van der Waals surface area (Å²) in [5.41, 5.74) is 2.09. The fourth-order valence-electron chi connectivity index (χ4n) is 2.40. The van der Waals surface area contributed by atoms with Gasteiger partial charge in [0.25, 0.3) is 0 Å². The molecule has 0 spiro atoms. The number of hydrogen-bond donors (Lipinski definition) is 1. The van der Waals surface area contributed by atoms with Crippen LogP contribution in [0.4, 0.5) is 0 Å². The number of pyridine rings is 1. The van der Waals surface area contributed by atoms with Gasteiger partial charge in [-0.1, -0.05) is 19.3 Å². The third-order valence-electron chi connectivity index (χ3n) is 3.42. The van der Waals surface area contributed by atoms with E-state index in [0.717, 1.165) is 21.4 Å². The number of aryl methyl sites for hydroxylation is 1. The molecule has 0 bridgehead atoms. The van der Waals surface area contributed by atoms with E-state index < -0.39 is 6.10 Å². The van der Waals surface area contributed by atoms with E-state index in [1.165, 1.54) is 32.1 Å². The topological polar surface area (TPSA) is 33.1 Å². The Kier molecular flexibility index (Phi) is 4.46. The highest BCUT2D eigenvalue weighted by molar-refractivity contribution is 7.99. The lowest BCUT2D eigenvalue weighted by Crippen LogP contribution is -2.08. The first kappa shape index (κ1) is 12.9. The molecule has 17 heavy (non-hydrogen) atoms. The molecule has 1 aliphatic carbocycles. The number of aromatic nitrogens is 1. The van der Waals surface area contributed by atoms with Crippen molar-refractivity contribution in [2.45, 2.75) is 62.3 Å². The molecule has 0 aromatic carbocycles. The Morgan fingerprint density at radius 1 is 1.35 bits per heavy atom. The molecule has 1 heterocycles. The van der Waals surface area contributed by atoms with Crippen molar-refractivity contribution in [3.05, 3.63) is 23.4 Å². The lowest BCUT2D eigenvalue weighted by molar-refractivity contribution is 0.198. The fraction of sp³-hybridized carbons (Fsp3) is 0.643. The maximum absolute atomic E-state index is 9.57. The average molecular weight is 251 g/mol. The molecule has 1 N–H and O–H groups in total. The summed E-state index contributed by atoms with van der Waals surface area (Å²) >= 11 is 1.91. The molecule has 2 rings (SSSR count). The van der Waals surface area contributed by atoms with Gasteiger partial charge in [0.2, 0.25) is 0 Å². The zero-order chi connectivity index (χ0) is 12.3. The number of rotatable bonds is 3. The summed E-state index contributed by atoms with van der Waals surface area (Å²) in [5, 5.41) is 11.4. The van der Waals surface area contributed by atoms with Gasteiger partial charge >= 0.3 is 0 Å². The van der Waals surface area contributed by atoms with Crippen LogP contribution in [-0.2, 0) is 0 Å². The van der Waals surface area contributed by atoms with Gasteiger partial charge in [-0.05, 0) is 38.3 Å². The number of thioether (sulfide) groups is 1. The zero-order valence-electron chi connectivity index (χ0n) is 10.6. The molecule has 1 saturated carbocycles. The smallest absolute Gasteiger partial charge is 0.0965 e. The second kappa shape index (κ2) is 5.87. The third-order valence-corrected chi connectivity index (χ3v) is 4.69. The third kappa shape index (κ3) is 3.46. The Morgan fingerprint density at radius 3 is 2.65 bits per heavy atom. The van der Waals surface area contributed by atoms with E-state index >= 15 is 0 Å². The summed E-state index contributed by atoms with van der Waals surface area (Å²) in [7, 11) is 0. The molecule has 1 fully saturated rings. The van der Waals surface area contributed by atoms with Gasteiger partial charge in [0.15, 0.2) is 0 Å². The van der Waals surface area contributed by atoms with Crippen molar-refractivity contribution in [3.63, 3.8) is 0 Å². The Hall–Kier alpha value is -0.540. The van der Waals surface area contributed by atoms with Crippen LogP contribution in [0.3, 0.4) is 0 Å². The molecule has 0 amide bonds. The number of aliphatic hydroxyl groups excluding tert-OH is 1. The molecular formula is C14H21NOS. The molecule has 1 aromatic heterocycles. The van der Waals surface area contributed by atoms with Crippen LogP contribution < -0.4 is 0 Å². The Labute approximate surface area is 108 Å². The van der Waals surface area contributed by atoms with E-state index in [2.05, 4.69) is 18.0 Å². The van der Waals surface area contributed by atoms with Crippen LogP contribution in [0.5, 0.6) is 0 Å². The highest BCUT2D eigenvalue weighted by Crippen LogP contribution is 2.33. The maximum Gasteiger partial charge on any atom is 0.0965 e. The van der Waals surface area contributed by atoms with E-state index in [1.807, 2.05) is 18.0 Å². The van der Waals surface area contributed by atoms with Gasteiger partial charge in [0.05, 0.1) is 11.1 Å². The van der Waals surface area contributed by atoms with Crippen LogP contribution in [0.15, 0.2) is 17.3 Å². The highest BCUT2D eigenvalue weighted by Gasteiger charge is 2.16. The van der Waals surface area contributed by atoms with Crippen molar-refractivity contribution in [2.24, 2.45) is 0 Å². The Morgan fingerprint density at radius 2 is 2.06 bits per heavy atom. The predicted octanol–water partition coefficient (Wildman–Crippen LogP) is 3.87. The summed E-state index contributed by atoms with van der Waals surface area (Å²) in [5.74, 6) is 0. The maximum atomic E-state index is 9.57. The van der Waals surface area contributed by atoms with Crippen LogP contribution in [-0.4, -0.2) is 15.3 Å². The largest absolute Gasteiger partial charge is 0.389 e. The SMILES string of the molecule is Cc1cc(SC2CCCCC2)ncc1[C@@H](C)O. The van der Waals surface area contributed by atoms with Crippen LogP contribution in [0.2, 0.25) is 0 Å². The van der Waals surface area contributed by atoms with E-state index in [4.69, 9.17) is 0 Å². The van der Waals surface area contributed by atoms with Crippen molar-refractivity contribution < 1.29 is 5.11 Å². The Bertz CT molecular complexity index is 372. The van der Waals surface area contributed by atoms with Crippen molar-refractivity contribution >= 4 is 11.8 Å². The van der Waals surface area contributed by atoms with Gasteiger partial charge in [-0.25, -0.2) is 4.98 Å². The number of nitrogens with zero attached hydrogens (tertiary/aromatic N) is 1. The molecule has 0 saturated heterocycles. The monoisotopic (exact) mass is 251 g/mol. The Balaban J connectivity index is 2.04. The van der Waals surface area contributed by atoms with Crippen LogP contribution >= 0.6 is 11.8 Å². The normalized spacial score (nSPS) is 19.2. The molecule has 0 aliphatic heterocycles. The van der Waals surface area contributed by atoms with Gasteiger partial charge < -0.3 is 5.11 Å². The van der Waals surface area contributed by atoms with Crippen molar-refractivity contribution in [2.75, 3.05) is 0 Å². The predicted molar refractivity (Wildman–Crippen MR) is 72.3 cm³/mol. The number of hydrogen-bond acceptors (Lipinski definition) is 3. The minimum atomic E-state index is -0.420. The van der Waals surface area contributed by atoms with Crippen molar-refractivity contribution in [1.29, 1.82) is 0 Å². The molecule has 0 radical (unpaired) electrons. The van der Waals surface area contributed by atoms with Crippen molar-refractivity contribution in [1.82, 2.24) is 4.98 Å². The highest BCUT2D eigenvalue weighted by atomic mass is 32.2. The van der Waals surface area contributed by atoms with Gasteiger partial charge in [-0.2, -0.15) is 0 Å². The van der Waals surface area contributed by atoms with E-state index in [0.29, 0.717) is 0 Å². The molecular weight excluding hydrogens is 230 g/mol. The van der Waals surface area contributed by atoms with Gasteiger partial charge in [-0.3, -0.25) is 0 Å². The van der Waals surface area contributed by atoms with Crippen molar-refractivity contribution in [3.8, 4) is 0 Å². The lowest BCUT2D eigenvalue weighted by Gasteiger charge is -2.20. The van der Waals surface area contributed by atoms with Gasteiger partial charge in [0.1, 0.15) is 0 Å². The first-order valence-electron chi connectivity index (χ1n) is 6.48. The summed E-state index contributed by atoms with van der Waals surface area (Å²) < 4.78 is 0. The van der Waals surface area contributed by atoms with Gasteiger partial charge in [-0.15, -0.1) is 11.8 Å². The second-order valence-corrected chi connectivity index (χ2v) is 6.25. The van der Waals surface area contributed by atoms with Gasteiger partial charge in [0, 0.05) is 17.0 Å². The molecule has 2 nitrogen and oxygen atoms in total. The minimum Gasteiger partial charge on any atom is -0.389 e. The van der Waals surface area contributed by atoms with E-state index in [1.54, 1.807) is 6.92 Å². The average Bonchev–Trinajstić information content (AvgIpc) is 2.30. The lowest BCUT2D eigenvalue weighted by atomic mass is 10.0. The summed E-state index contributed by atoms with van der Waals surface area (Å²) in [6.45, 7) is 3.84. The molecule has 3 heteroatoms. The molecule has 0 unspecified atom stereocenters. The van der Waals surface area contributed by atoms with E-state index in [9.17, 15) is 5.11 Å². The summed E-state index contributed by atoms with van der Waals surface area (Å²) in [4.78, 5) is 4.46. The molecule has 94 valence electrons. The van der Waals surface area contributed by atoms with Crippen LogP contribution in [0, 0.1) is 6.92 Å². The van der Waals surface area contributed by atoms with Crippen LogP contribution in [0.1, 0.15) is 56.3 Å². The first-order valence-corrected chi connectivity index (χ1v) is 7.36. The standard InChI is InChI=1S/C14H21NOS/c1-10-8-14(15-9-13(10)11(2)16)17-12-6-4-3-5-7-12/h8-9,11-12,16H,3-7H2,1-2H3/t11-/m1/s1. The molecule has 1 aliphatic rings. The second-order valence-electron chi connectivity index (χ2n) is 4.93. The molecule has 1 atom stereocenters. The van der Waals surface area contributed by atoms with Crippen LogP contribution in [0.25, 0.3) is 0 Å². The first-order chi connectivity index (χ1) is 8.16. The fourth-order valence-corrected chi connectivity index (χ4v) is 3.67. The molecule has 1 aromatic rings. The minimum absolute atomic E-state index is 0.420. The van der Waals surface area contributed by atoms with E-state index in [-0.39, 0.29) is 0 Å². The number of aliphatic hydroxyl groups is 1.